The van der Waals surface area contributed by atoms with Crippen molar-refractivity contribution in [3.8, 4) is 22.1 Å². The molecule has 2 heterocycles. The highest BCUT2D eigenvalue weighted by Gasteiger charge is 2.05. The van der Waals surface area contributed by atoms with Crippen molar-refractivity contribution >= 4 is 11.3 Å². The Balaban J connectivity index is 2.06. The number of aromatic nitrogens is 3. The van der Waals surface area contributed by atoms with Crippen LogP contribution >= 0.6 is 11.3 Å². The molecule has 17 heavy (non-hydrogen) atoms. The quantitative estimate of drug-likeness (QED) is 0.689. The predicted octanol–water partition coefficient (Wildman–Crippen LogP) is 3.27. The summed E-state index contributed by atoms with van der Waals surface area (Å²) in [7, 11) is 0. The Morgan fingerprint density at radius 1 is 0.882 bits per heavy atom. The number of rotatable bonds is 2. The van der Waals surface area contributed by atoms with E-state index in [0.717, 1.165) is 22.1 Å². The predicted molar refractivity (Wildman–Crippen MR) is 68.6 cm³/mol. The van der Waals surface area contributed by atoms with Crippen molar-refractivity contribution in [1.82, 2.24) is 15.0 Å². The second-order valence-corrected chi connectivity index (χ2v) is 4.36. The summed E-state index contributed by atoms with van der Waals surface area (Å²) in [6.07, 6.45) is 3.55. The lowest BCUT2D eigenvalue weighted by Crippen LogP contribution is -1.90. The van der Waals surface area contributed by atoms with E-state index < -0.39 is 0 Å². The molecule has 0 aliphatic rings. The van der Waals surface area contributed by atoms with Crippen LogP contribution in [0.25, 0.3) is 22.1 Å². The number of hydrogen-bond donors (Lipinski definition) is 0. The molecule has 82 valence electrons. The lowest BCUT2D eigenvalue weighted by atomic mass is 10.2. The summed E-state index contributed by atoms with van der Waals surface area (Å²) in [4.78, 5) is 13.1. The third-order valence-electron chi connectivity index (χ3n) is 2.34. The van der Waals surface area contributed by atoms with Gasteiger partial charge in [-0.15, -0.1) is 11.3 Å². The fourth-order valence-corrected chi connectivity index (χ4v) is 2.16. The number of nitrogens with zero attached hydrogens (tertiary/aromatic N) is 3. The lowest BCUT2D eigenvalue weighted by Gasteiger charge is -2.01. The third-order valence-corrected chi connectivity index (χ3v) is 3.13. The normalized spacial score (nSPS) is 10.4. The van der Waals surface area contributed by atoms with Crippen molar-refractivity contribution in [1.29, 1.82) is 0 Å². The van der Waals surface area contributed by atoms with E-state index in [4.69, 9.17) is 0 Å². The molecule has 0 saturated heterocycles. The Bertz CT molecular complexity index is 606. The van der Waals surface area contributed by atoms with Gasteiger partial charge in [0, 0.05) is 23.3 Å². The molecule has 0 amide bonds. The van der Waals surface area contributed by atoms with Crippen LogP contribution in [0.2, 0.25) is 0 Å². The van der Waals surface area contributed by atoms with Crippen molar-refractivity contribution in [3.05, 3.63) is 54.2 Å². The van der Waals surface area contributed by atoms with E-state index in [1.807, 2.05) is 41.8 Å². The molecule has 0 radical (unpaired) electrons. The summed E-state index contributed by atoms with van der Waals surface area (Å²) in [5.74, 6) is 0.735. The maximum Gasteiger partial charge on any atom is 0.159 e. The monoisotopic (exact) mass is 239 g/mol. The zero-order valence-corrected chi connectivity index (χ0v) is 9.76. The Labute approximate surface area is 103 Å². The second kappa shape index (κ2) is 4.43. The first-order chi connectivity index (χ1) is 8.43. The SMILES string of the molecule is c1ccc(-c2nccc(-c3nccs3)n2)cc1. The second-order valence-electron chi connectivity index (χ2n) is 3.47. The minimum absolute atomic E-state index is 0.735. The van der Waals surface area contributed by atoms with Gasteiger partial charge in [-0.3, -0.25) is 0 Å². The highest BCUT2D eigenvalue weighted by atomic mass is 32.1. The average Bonchev–Trinajstić information content (AvgIpc) is 2.94. The molecule has 0 bridgehead atoms. The smallest absolute Gasteiger partial charge is 0.159 e. The fraction of sp³-hybridized carbons (Fsp3) is 0. The Morgan fingerprint density at radius 2 is 1.76 bits per heavy atom. The van der Waals surface area contributed by atoms with E-state index in [2.05, 4.69) is 15.0 Å². The molecular weight excluding hydrogens is 230 g/mol. The van der Waals surface area contributed by atoms with Crippen LogP contribution < -0.4 is 0 Å². The van der Waals surface area contributed by atoms with Crippen molar-refractivity contribution in [2.45, 2.75) is 0 Å². The third kappa shape index (κ3) is 2.07. The van der Waals surface area contributed by atoms with Crippen LogP contribution in [0, 0.1) is 0 Å². The molecule has 3 nitrogen and oxygen atoms in total. The maximum atomic E-state index is 4.52. The van der Waals surface area contributed by atoms with E-state index >= 15 is 0 Å². The molecule has 1 aromatic carbocycles. The van der Waals surface area contributed by atoms with Gasteiger partial charge in [0.25, 0.3) is 0 Å². The minimum Gasteiger partial charge on any atom is -0.243 e. The van der Waals surface area contributed by atoms with Crippen molar-refractivity contribution in [2.75, 3.05) is 0 Å². The highest BCUT2D eigenvalue weighted by Crippen LogP contribution is 2.21. The van der Waals surface area contributed by atoms with Crippen LogP contribution in [0.1, 0.15) is 0 Å². The van der Waals surface area contributed by atoms with E-state index in [-0.39, 0.29) is 0 Å². The van der Waals surface area contributed by atoms with Crippen LogP contribution in [0.15, 0.2) is 54.2 Å². The summed E-state index contributed by atoms with van der Waals surface area (Å²) in [5.41, 5.74) is 1.89. The van der Waals surface area contributed by atoms with Gasteiger partial charge in [-0.05, 0) is 6.07 Å². The molecule has 0 saturated carbocycles. The molecule has 0 unspecified atom stereocenters. The standard InChI is InChI=1S/C13H9N3S/c1-2-4-10(5-3-1)12-14-7-6-11(16-12)13-15-8-9-17-13/h1-9H. The average molecular weight is 239 g/mol. The molecule has 3 aromatic rings. The van der Waals surface area contributed by atoms with Crippen molar-refractivity contribution in [3.63, 3.8) is 0 Å². The van der Waals surface area contributed by atoms with Gasteiger partial charge in [0.15, 0.2) is 5.82 Å². The number of thiazole rings is 1. The number of hydrogen-bond acceptors (Lipinski definition) is 4. The molecule has 2 aromatic heterocycles. The van der Waals surface area contributed by atoms with Crippen LogP contribution in [0.4, 0.5) is 0 Å². The van der Waals surface area contributed by atoms with Gasteiger partial charge >= 0.3 is 0 Å². The Morgan fingerprint density at radius 3 is 2.53 bits per heavy atom. The Kier molecular flexibility index (Phi) is 2.63. The molecule has 4 heteroatoms. The van der Waals surface area contributed by atoms with Crippen LogP contribution in [-0.2, 0) is 0 Å². The van der Waals surface area contributed by atoms with Gasteiger partial charge in [0.2, 0.25) is 0 Å². The highest BCUT2D eigenvalue weighted by molar-refractivity contribution is 7.13. The number of benzene rings is 1. The van der Waals surface area contributed by atoms with Gasteiger partial charge in [0.05, 0.1) is 0 Å². The van der Waals surface area contributed by atoms with Crippen LogP contribution in [0.5, 0.6) is 0 Å². The molecular formula is C13H9N3S. The molecule has 0 spiro atoms. The first-order valence-electron chi connectivity index (χ1n) is 5.22. The van der Waals surface area contributed by atoms with Crippen molar-refractivity contribution in [2.24, 2.45) is 0 Å². The van der Waals surface area contributed by atoms with E-state index in [1.165, 1.54) is 0 Å². The summed E-state index contributed by atoms with van der Waals surface area (Å²) in [5, 5.41) is 2.86. The maximum absolute atomic E-state index is 4.52. The minimum atomic E-state index is 0.735. The van der Waals surface area contributed by atoms with Crippen LogP contribution in [-0.4, -0.2) is 15.0 Å². The molecule has 0 atom stereocenters. The van der Waals surface area contributed by atoms with Crippen molar-refractivity contribution < 1.29 is 0 Å². The zero-order chi connectivity index (χ0) is 11.5. The Hall–Kier alpha value is -2.07. The summed E-state index contributed by atoms with van der Waals surface area (Å²) < 4.78 is 0. The van der Waals surface area contributed by atoms with E-state index in [1.54, 1.807) is 23.7 Å². The van der Waals surface area contributed by atoms with E-state index in [0.29, 0.717) is 0 Å². The molecule has 3 rings (SSSR count). The van der Waals surface area contributed by atoms with Gasteiger partial charge < -0.3 is 0 Å². The van der Waals surface area contributed by atoms with Gasteiger partial charge in [0.1, 0.15) is 10.7 Å². The van der Waals surface area contributed by atoms with Gasteiger partial charge in [-0.1, -0.05) is 30.3 Å². The van der Waals surface area contributed by atoms with E-state index in [9.17, 15) is 0 Å². The topological polar surface area (TPSA) is 38.7 Å². The summed E-state index contributed by atoms with van der Waals surface area (Å²) in [6.45, 7) is 0. The fourth-order valence-electron chi connectivity index (χ4n) is 1.55. The first kappa shape index (κ1) is 10.1. The zero-order valence-electron chi connectivity index (χ0n) is 8.95. The molecule has 0 fully saturated rings. The molecule has 0 N–H and O–H groups in total. The molecule has 0 aliphatic carbocycles. The summed E-state index contributed by atoms with van der Waals surface area (Å²) in [6, 6.07) is 11.8. The first-order valence-corrected chi connectivity index (χ1v) is 6.10. The van der Waals surface area contributed by atoms with Gasteiger partial charge in [-0.2, -0.15) is 0 Å². The summed E-state index contributed by atoms with van der Waals surface area (Å²) >= 11 is 1.58. The lowest BCUT2D eigenvalue weighted by molar-refractivity contribution is 1.17. The van der Waals surface area contributed by atoms with Crippen LogP contribution in [0.3, 0.4) is 0 Å². The van der Waals surface area contributed by atoms with Gasteiger partial charge in [-0.25, -0.2) is 15.0 Å². The molecule has 0 aliphatic heterocycles. The largest absolute Gasteiger partial charge is 0.243 e.